The highest BCUT2D eigenvalue weighted by atomic mass is 16.5. The van der Waals surface area contributed by atoms with Crippen LogP contribution in [0.2, 0.25) is 0 Å². The van der Waals surface area contributed by atoms with Crippen molar-refractivity contribution in [3.8, 4) is 0 Å². The summed E-state index contributed by atoms with van der Waals surface area (Å²) in [5.74, 6) is 0.166. The molecule has 0 saturated carbocycles. The van der Waals surface area contributed by atoms with Crippen LogP contribution in [0.15, 0.2) is 47.3 Å². The van der Waals surface area contributed by atoms with E-state index in [9.17, 15) is 9.59 Å². The van der Waals surface area contributed by atoms with E-state index >= 15 is 0 Å². The normalized spacial score (nSPS) is 12.3. The van der Waals surface area contributed by atoms with Gasteiger partial charge in [-0.2, -0.15) is 0 Å². The van der Waals surface area contributed by atoms with Crippen LogP contribution in [0.4, 0.5) is 0 Å². The summed E-state index contributed by atoms with van der Waals surface area (Å²) in [6, 6.07) is 14.2. The molecule has 9 heteroatoms. The third-order valence-corrected chi connectivity index (χ3v) is 6.54. The number of ether oxygens (including phenoxy) is 1. The van der Waals surface area contributed by atoms with Crippen LogP contribution in [0.25, 0.3) is 10.9 Å². The monoisotopic (exact) mass is 502 g/mol. The van der Waals surface area contributed by atoms with Crippen LogP contribution in [0.1, 0.15) is 60.0 Å². The maximum atomic E-state index is 13.2. The first-order valence-electron chi connectivity index (χ1n) is 12.6. The van der Waals surface area contributed by atoms with Gasteiger partial charge < -0.3 is 9.72 Å². The van der Waals surface area contributed by atoms with Gasteiger partial charge >= 0.3 is 5.97 Å². The Kier molecular flexibility index (Phi) is 8.13. The molecule has 0 unspecified atom stereocenters. The zero-order chi connectivity index (χ0) is 26.5. The largest absolute Gasteiger partial charge is 0.465 e. The van der Waals surface area contributed by atoms with E-state index in [1.54, 1.807) is 6.92 Å². The number of carbonyl (C=O) groups is 1. The molecule has 2 aromatic heterocycles. The summed E-state index contributed by atoms with van der Waals surface area (Å²) in [7, 11) is 0. The van der Waals surface area contributed by atoms with Crippen LogP contribution in [0.3, 0.4) is 0 Å². The van der Waals surface area contributed by atoms with Gasteiger partial charge in [0.1, 0.15) is 6.54 Å². The molecular formula is C28H34N6O3. The molecule has 0 radical (unpaired) electrons. The lowest BCUT2D eigenvalue weighted by Gasteiger charge is -2.30. The predicted octanol–water partition coefficient (Wildman–Crippen LogP) is 4.16. The van der Waals surface area contributed by atoms with E-state index in [1.165, 1.54) is 10.2 Å². The predicted molar refractivity (Wildman–Crippen MR) is 142 cm³/mol. The minimum atomic E-state index is -0.396. The molecule has 0 aliphatic rings. The topological polar surface area (TPSA) is 106 Å². The molecule has 1 N–H and O–H groups in total. The van der Waals surface area contributed by atoms with Gasteiger partial charge in [-0.05, 0) is 73.4 Å². The van der Waals surface area contributed by atoms with Crippen LogP contribution < -0.4 is 5.56 Å². The molecule has 0 fully saturated rings. The van der Waals surface area contributed by atoms with Crippen molar-refractivity contribution in [2.75, 3.05) is 6.61 Å². The van der Waals surface area contributed by atoms with E-state index < -0.39 is 5.97 Å². The third kappa shape index (κ3) is 6.11. The average molecular weight is 503 g/mol. The van der Waals surface area contributed by atoms with E-state index in [0.29, 0.717) is 30.9 Å². The Balaban J connectivity index is 1.74. The van der Waals surface area contributed by atoms with Crippen molar-refractivity contribution in [2.24, 2.45) is 0 Å². The second kappa shape index (κ2) is 11.5. The summed E-state index contributed by atoms with van der Waals surface area (Å²) in [5.41, 5.74) is 5.88. The first-order valence-corrected chi connectivity index (χ1v) is 12.6. The number of esters is 1. The highest BCUT2D eigenvalue weighted by molar-refractivity contribution is 5.83. The van der Waals surface area contributed by atoms with Gasteiger partial charge in [-0.25, -0.2) is 4.68 Å². The van der Waals surface area contributed by atoms with Crippen LogP contribution >= 0.6 is 0 Å². The number of hydrogen-bond donors (Lipinski definition) is 1. The lowest BCUT2D eigenvalue weighted by molar-refractivity contribution is -0.144. The maximum absolute atomic E-state index is 13.2. The van der Waals surface area contributed by atoms with Gasteiger partial charge in [0.15, 0.2) is 5.82 Å². The Morgan fingerprint density at radius 1 is 1.05 bits per heavy atom. The number of hydrogen-bond acceptors (Lipinski definition) is 7. The number of aromatic amines is 1. The van der Waals surface area contributed by atoms with E-state index in [-0.39, 0.29) is 24.8 Å². The zero-order valence-corrected chi connectivity index (χ0v) is 22.1. The number of fused-ring (bicyclic) bond motifs is 1. The molecule has 0 saturated heterocycles. The second-order valence-electron chi connectivity index (χ2n) is 9.48. The summed E-state index contributed by atoms with van der Waals surface area (Å²) in [6.07, 6.45) is 0.679. The van der Waals surface area contributed by atoms with Crippen molar-refractivity contribution in [3.05, 3.63) is 86.5 Å². The Bertz CT molecular complexity index is 1440. The van der Waals surface area contributed by atoms with Gasteiger partial charge in [0, 0.05) is 29.6 Å². The first-order chi connectivity index (χ1) is 17.8. The SMILES string of the molecule is CCOC(=O)Cn1nnnc1[C@H](CC)N(Cc1ccc(C)cc1)Cc1cc2c(C)cc(C)cc2[nH]c1=O. The lowest BCUT2D eigenvalue weighted by atomic mass is 10.0. The van der Waals surface area contributed by atoms with Gasteiger partial charge in [-0.1, -0.05) is 42.8 Å². The zero-order valence-electron chi connectivity index (χ0n) is 22.1. The second-order valence-corrected chi connectivity index (χ2v) is 9.48. The van der Waals surface area contributed by atoms with Crippen molar-refractivity contribution < 1.29 is 9.53 Å². The number of nitrogens with zero attached hydrogens (tertiary/aromatic N) is 5. The summed E-state index contributed by atoms with van der Waals surface area (Å²) in [6.45, 7) is 11.1. The molecule has 0 bridgehead atoms. The van der Waals surface area contributed by atoms with E-state index in [4.69, 9.17) is 4.74 Å². The Hall–Kier alpha value is -3.85. The summed E-state index contributed by atoms with van der Waals surface area (Å²) in [5, 5.41) is 13.2. The van der Waals surface area contributed by atoms with Crippen molar-refractivity contribution in [2.45, 2.75) is 66.7 Å². The highest BCUT2D eigenvalue weighted by Gasteiger charge is 2.27. The molecule has 194 valence electrons. The maximum Gasteiger partial charge on any atom is 0.327 e. The molecule has 9 nitrogen and oxygen atoms in total. The molecule has 37 heavy (non-hydrogen) atoms. The van der Waals surface area contributed by atoms with Crippen LogP contribution in [0, 0.1) is 20.8 Å². The quantitative estimate of drug-likeness (QED) is 0.325. The molecule has 2 heterocycles. The van der Waals surface area contributed by atoms with Gasteiger partial charge in [0.05, 0.1) is 12.6 Å². The molecule has 2 aromatic carbocycles. The standard InChI is InChI=1S/C28H34N6O3/c1-6-25(27-30-31-32-34(27)17-26(35)37-7-2)33(15-21-10-8-18(3)9-11-21)16-22-14-23-20(5)12-19(4)13-24(23)29-28(22)36/h8-14,25H,6-7,15-17H2,1-5H3,(H,29,36)/t25-/m0/s1. The number of tetrazole rings is 1. The molecule has 4 aromatic rings. The lowest BCUT2D eigenvalue weighted by Crippen LogP contribution is -2.33. The molecular weight excluding hydrogens is 468 g/mol. The fourth-order valence-corrected chi connectivity index (χ4v) is 4.75. The minimum Gasteiger partial charge on any atom is -0.465 e. The van der Waals surface area contributed by atoms with Crippen LogP contribution in [-0.2, 0) is 29.2 Å². The highest BCUT2D eigenvalue weighted by Crippen LogP contribution is 2.27. The molecule has 1 atom stereocenters. The fraction of sp³-hybridized carbons (Fsp3) is 0.393. The Morgan fingerprint density at radius 2 is 1.81 bits per heavy atom. The molecule has 0 spiro atoms. The number of rotatable bonds is 10. The number of aryl methyl sites for hydroxylation is 3. The van der Waals surface area contributed by atoms with Crippen molar-refractivity contribution in [3.63, 3.8) is 0 Å². The number of pyridine rings is 1. The van der Waals surface area contributed by atoms with E-state index in [0.717, 1.165) is 27.6 Å². The molecule has 4 rings (SSSR count). The summed E-state index contributed by atoms with van der Waals surface area (Å²) in [4.78, 5) is 30.6. The first kappa shape index (κ1) is 26.2. The van der Waals surface area contributed by atoms with Gasteiger partial charge in [-0.15, -0.1) is 5.10 Å². The van der Waals surface area contributed by atoms with Crippen molar-refractivity contribution in [1.29, 1.82) is 0 Å². The van der Waals surface area contributed by atoms with E-state index in [2.05, 4.69) is 69.6 Å². The molecule has 0 aliphatic carbocycles. The smallest absolute Gasteiger partial charge is 0.327 e. The van der Waals surface area contributed by atoms with Gasteiger partial charge in [0.2, 0.25) is 0 Å². The van der Waals surface area contributed by atoms with Gasteiger partial charge in [-0.3, -0.25) is 14.5 Å². The molecule has 0 aliphatic heterocycles. The number of carbonyl (C=O) groups excluding carboxylic acids is 1. The van der Waals surface area contributed by atoms with Crippen molar-refractivity contribution in [1.82, 2.24) is 30.1 Å². The minimum absolute atomic E-state index is 0.0693. The van der Waals surface area contributed by atoms with Crippen LogP contribution in [-0.4, -0.2) is 42.7 Å². The summed E-state index contributed by atoms with van der Waals surface area (Å²) < 4.78 is 6.60. The Labute approximate surface area is 216 Å². The Morgan fingerprint density at radius 3 is 2.51 bits per heavy atom. The number of H-pyrrole nitrogens is 1. The number of nitrogens with one attached hydrogen (secondary N) is 1. The molecule has 0 amide bonds. The van der Waals surface area contributed by atoms with Crippen LogP contribution in [0.5, 0.6) is 0 Å². The third-order valence-electron chi connectivity index (χ3n) is 6.54. The number of benzene rings is 2. The van der Waals surface area contributed by atoms with Crippen molar-refractivity contribution >= 4 is 16.9 Å². The van der Waals surface area contributed by atoms with E-state index in [1.807, 2.05) is 26.0 Å². The fourth-order valence-electron chi connectivity index (χ4n) is 4.75. The van der Waals surface area contributed by atoms with Gasteiger partial charge in [0.25, 0.3) is 5.56 Å². The average Bonchev–Trinajstić information content (AvgIpc) is 3.29. The summed E-state index contributed by atoms with van der Waals surface area (Å²) >= 11 is 0. The number of aromatic nitrogens is 5.